The first-order chi connectivity index (χ1) is 14.8. The van der Waals surface area contributed by atoms with Crippen LogP contribution in [0.15, 0.2) is 42.5 Å². The van der Waals surface area contributed by atoms with Crippen LogP contribution < -0.4 is 4.74 Å². The highest BCUT2D eigenvalue weighted by Crippen LogP contribution is 2.42. The van der Waals surface area contributed by atoms with E-state index in [0.717, 1.165) is 31.0 Å². The zero-order valence-electron chi connectivity index (χ0n) is 16.7. The van der Waals surface area contributed by atoms with Crippen LogP contribution in [-0.4, -0.2) is 53.1 Å². The molecule has 0 spiro atoms. The second-order valence-electron chi connectivity index (χ2n) is 6.10. The van der Waals surface area contributed by atoms with Crippen molar-refractivity contribution in [3.8, 4) is 28.4 Å². The molecule has 160 valence electrons. The molecule has 0 atom stereocenters. The van der Waals surface area contributed by atoms with Crippen molar-refractivity contribution in [3.05, 3.63) is 63.8 Å². The van der Waals surface area contributed by atoms with E-state index in [9.17, 15) is 24.8 Å². The van der Waals surface area contributed by atoms with Crippen LogP contribution in [0, 0.1) is 10.1 Å². The largest absolute Gasteiger partial charge is 0.504 e. The van der Waals surface area contributed by atoms with Crippen LogP contribution in [0.25, 0.3) is 16.9 Å². The fourth-order valence-electron chi connectivity index (χ4n) is 2.98. The van der Waals surface area contributed by atoms with Gasteiger partial charge in [-0.2, -0.15) is 5.10 Å². The summed E-state index contributed by atoms with van der Waals surface area (Å²) in [5.74, 6) is -2.58. The van der Waals surface area contributed by atoms with Gasteiger partial charge in [-0.15, -0.1) is 0 Å². The highest BCUT2D eigenvalue weighted by molar-refractivity contribution is 6.07. The number of carbonyl (C=O) groups is 2. The number of rotatable bonds is 6. The number of carbonyl (C=O) groups excluding carboxylic acids is 2. The molecule has 0 radical (unpaired) electrons. The summed E-state index contributed by atoms with van der Waals surface area (Å²) >= 11 is 0. The van der Waals surface area contributed by atoms with Gasteiger partial charge in [0.1, 0.15) is 11.3 Å². The molecule has 11 heteroatoms. The number of phenols is 1. The molecule has 0 unspecified atom stereocenters. The molecule has 0 saturated heterocycles. The lowest BCUT2D eigenvalue weighted by Gasteiger charge is -2.09. The number of nitro groups is 1. The molecule has 0 aliphatic rings. The lowest BCUT2D eigenvalue weighted by Crippen LogP contribution is -2.15. The standard InChI is InChI=1S/C20H17N3O8/c1-29-14-10-12(23(27)28)9-13(18(14)24)16-15(19(25)30-2)17(20(26)31-3)22(21-16)11-7-5-4-6-8-11/h4-10,24H,1-3H3. The van der Waals surface area contributed by atoms with E-state index in [1.165, 1.54) is 7.11 Å². The molecule has 0 amide bonds. The van der Waals surface area contributed by atoms with E-state index in [1.54, 1.807) is 30.3 Å². The third-order valence-corrected chi connectivity index (χ3v) is 4.40. The Hall–Kier alpha value is -4.41. The van der Waals surface area contributed by atoms with Crippen molar-refractivity contribution in [3.63, 3.8) is 0 Å². The average molecular weight is 427 g/mol. The molecule has 1 heterocycles. The molecular weight excluding hydrogens is 410 g/mol. The van der Waals surface area contributed by atoms with Crippen LogP contribution >= 0.6 is 0 Å². The van der Waals surface area contributed by atoms with Crippen LogP contribution in [0.2, 0.25) is 0 Å². The van der Waals surface area contributed by atoms with E-state index in [1.807, 2.05) is 0 Å². The summed E-state index contributed by atoms with van der Waals surface area (Å²) < 4.78 is 15.8. The minimum absolute atomic E-state index is 0.203. The fraction of sp³-hybridized carbons (Fsp3) is 0.150. The normalized spacial score (nSPS) is 10.4. The number of nitrogens with zero attached hydrogens (tertiary/aromatic N) is 3. The number of esters is 2. The molecule has 1 N–H and O–H groups in total. The number of aromatic hydroxyl groups is 1. The van der Waals surface area contributed by atoms with Crippen molar-refractivity contribution in [2.24, 2.45) is 0 Å². The van der Waals surface area contributed by atoms with E-state index in [-0.39, 0.29) is 28.3 Å². The highest BCUT2D eigenvalue weighted by Gasteiger charge is 2.33. The van der Waals surface area contributed by atoms with Gasteiger partial charge in [0.05, 0.1) is 43.6 Å². The minimum Gasteiger partial charge on any atom is -0.504 e. The molecular formula is C20H17N3O8. The predicted octanol–water partition coefficient (Wildman–Crippen LogP) is 2.73. The Bertz CT molecular complexity index is 1170. The van der Waals surface area contributed by atoms with Crippen molar-refractivity contribution >= 4 is 17.6 Å². The van der Waals surface area contributed by atoms with E-state index < -0.39 is 28.3 Å². The average Bonchev–Trinajstić information content (AvgIpc) is 3.19. The third-order valence-electron chi connectivity index (χ3n) is 4.40. The summed E-state index contributed by atoms with van der Waals surface area (Å²) in [6, 6.07) is 10.4. The van der Waals surface area contributed by atoms with Gasteiger partial charge < -0.3 is 19.3 Å². The van der Waals surface area contributed by atoms with E-state index >= 15 is 0 Å². The molecule has 2 aromatic carbocycles. The van der Waals surface area contributed by atoms with Gasteiger partial charge in [-0.25, -0.2) is 14.3 Å². The smallest absolute Gasteiger partial charge is 0.357 e. The van der Waals surface area contributed by atoms with Crippen LogP contribution in [0.5, 0.6) is 11.5 Å². The maximum Gasteiger partial charge on any atom is 0.357 e. The first kappa shape index (κ1) is 21.3. The van der Waals surface area contributed by atoms with Gasteiger partial charge in [0.2, 0.25) is 0 Å². The quantitative estimate of drug-likeness (QED) is 0.357. The van der Waals surface area contributed by atoms with E-state index in [4.69, 9.17) is 14.2 Å². The number of methoxy groups -OCH3 is 3. The van der Waals surface area contributed by atoms with Crippen molar-refractivity contribution in [2.75, 3.05) is 21.3 Å². The van der Waals surface area contributed by atoms with Gasteiger partial charge in [0, 0.05) is 6.07 Å². The van der Waals surface area contributed by atoms with Crippen molar-refractivity contribution in [2.45, 2.75) is 0 Å². The first-order valence-corrected chi connectivity index (χ1v) is 8.74. The van der Waals surface area contributed by atoms with Gasteiger partial charge in [0.15, 0.2) is 17.2 Å². The second-order valence-corrected chi connectivity index (χ2v) is 6.10. The lowest BCUT2D eigenvalue weighted by atomic mass is 10.0. The van der Waals surface area contributed by atoms with Crippen LogP contribution in [0.3, 0.4) is 0 Å². The molecule has 0 bridgehead atoms. The summed E-state index contributed by atoms with van der Waals surface area (Å²) in [6.07, 6.45) is 0. The van der Waals surface area contributed by atoms with Crippen molar-refractivity contribution in [1.29, 1.82) is 0 Å². The maximum atomic E-state index is 12.6. The number of ether oxygens (including phenoxy) is 3. The summed E-state index contributed by atoms with van der Waals surface area (Å²) in [5, 5.41) is 26.3. The molecule has 11 nitrogen and oxygen atoms in total. The molecule has 31 heavy (non-hydrogen) atoms. The molecule has 0 aliphatic heterocycles. The van der Waals surface area contributed by atoms with Crippen molar-refractivity contribution < 1.29 is 33.8 Å². The number of hydrogen-bond acceptors (Lipinski definition) is 9. The molecule has 3 aromatic rings. The Morgan fingerprint density at radius 3 is 2.26 bits per heavy atom. The van der Waals surface area contributed by atoms with Crippen molar-refractivity contribution in [1.82, 2.24) is 9.78 Å². The zero-order chi connectivity index (χ0) is 22.7. The maximum absolute atomic E-state index is 12.6. The van der Waals surface area contributed by atoms with E-state index in [2.05, 4.69) is 5.10 Å². The summed E-state index contributed by atoms with van der Waals surface area (Å²) in [7, 11) is 3.44. The predicted molar refractivity (Wildman–Crippen MR) is 107 cm³/mol. The highest BCUT2D eigenvalue weighted by atomic mass is 16.6. The molecule has 3 rings (SSSR count). The zero-order valence-corrected chi connectivity index (χ0v) is 16.7. The number of aromatic nitrogens is 2. The van der Waals surface area contributed by atoms with Gasteiger partial charge in [-0.1, -0.05) is 18.2 Å². The summed E-state index contributed by atoms with van der Waals surface area (Å²) in [6.45, 7) is 0. The topological polar surface area (TPSA) is 143 Å². The van der Waals surface area contributed by atoms with E-state index in [0.29, 0.717) is 5.69 Å². The Morgan fingerprint density at radius 2 is 1.71 bits per heavy atom. The molecule has 1 aromatic heterocycles. The Kier molecular flexibility index (Phi) is 5.86. The number of non-ortho nitro benzene ring substituents is 1. The monoisotopic (exact) mass is 427 g/mol. The Balaban J connectivity index is 2.45. The van der Waals surface area contributed by atoms with Crippen LogP contribution in [0.4, 0.5) is 5.69 Å². The number of phenolic OH excluding ortho intramolecular Hbond substituents is 1. The van der Waals surface area contributed by atoms with Gasteiger partial charge in [-0.05, 0) is 12.1 Å². The third kappa shape index (κ3) is 3.75. The lowest BCUT2D eigenvalue weighted by molar-refractivity contribution is -0.384. The first-order valence-electron chi connectivity index (χ1n) is 8.74. The van der Waals surface area contributed by atoms with Gasteiger partial charge in [0.25, 0.3) is 5.69 Å². The number of benzene rings is 2. The second kappa shape index (κ2) is 8.53. The minimum atomic E-state index is -0.956. The van der Waals surface area contributed by atoms with Gasteiger partial charge in [-0.3, -0.25) is 10.1 Å². The number of nitro benzene ring substituents is 1. The Labute approximate surface area is 175 Å². The van der Waals surface area contributed by atoms with Gasteiger partial charge >= 0.3 is 11.9 Å². The SMILES string of the molecule is COC(=O)c1c(-c2cc([N+](=O)[O-])cc(OC)c2O)nn(-c2ccccc2)c1C(=O)OC. The summed E-state index contributed by atoms with van der Waals surface area (Å²) in [4.78, 5) is 35.9. The molecule has 0 fully saturated rings. The number of para-hydroxylation sites is 1. The van der Waals surface area contributed by atoms with Crippen LogP contribution in [0.1, 0.15) is 20.8 Å². The molecule has 0 saturated carbocycles. The fourth-order valence-corrected chi connectivity index (χ4v) is 2.98. The van der Waals surface area contributed by atoms with Crippen LogP contribution in [-0.2, 0) is 9.47 Å². The number of hydrogen-bond donors (Lipinski definition) is 1. The molecule has 0 aliphatic carbocycles. The Morgan fingerprint density at radius 1 is 1.06 bits per heavy atom. The summed E-state index contributed by atoms with van der Waals surface area (Å²) in [5.41, 5.74) is -1.07.